The first-order valence-corrected chi connectivity index (χ1v) is 4.67. The van der Waals surface area contributed by atoms with Crippen molar-refractivity contribution in [3.8, 4) is 0 Å². The Morgan fingerprint density at radius 3 is 2.22 bits per heavy atom. The third-order valence-electron chi connectivity index (χ3n) is 2.21. The second kappa shape index (κ2) is 5.13. The number of nitro benzene ring substituents is 1. The molecule has 1 rings (SSSR count). The smallest absolute Gasteiger partial charge is 0.341 e. The molecule has 1 aromatic rings. The number of anilines is 1. The number of nitrogens with two attached hydrogens (primary N) is 1. The van der Waals surface area contributed by atoms with Crippen molar-refractivity contribution in [3.05, 3.63) is 33.4 Å². The van der Waals surface area contributed by atoms with Gasteiger partial charge in [0.15, 0.2) is 0 Å². The van der Waals surface area contributed by atoms with Crippen molar-refractivity contribution in [2.75, 3.05) is 20.0 Å². The molecule has 96 valence electrons. The number of carbonyl (C=O) groups is 2. The molecule has 0 atom stereocenters. The highest BCUT2D eigenvalue weighted by molar-refractivity contribution is 6.08. The van der Waals surface area contributed by atoms with Crippen LogP contribution in [0.5, 0.6) is 0 Å². The lowest BCUT2D eigenvalue weighted by molar-refractivity contribution is -0.383. The second-order valence-corrected chi connectivity index (χ2v) is 3.16. The molecule has 0 radical (unpaired) electrons. The van der Waals surface area contributed by atoms with Gasteiger partial charge in [-0.15, -0.1) is 0 Å². The number of hydrogen-bond acceptors (Lipinski definition) is 7. The molecule has 18 heavy (non-hydrogen) atoms. The van der Waals surface area contributed by atoms with Gasteiger partial charge in [-0.2, -0.15) is 0 Å². The van der Waals surface area contributed by atoms with Gasteiger partial charge >= 0.3 is 11.9 Å². The number of nitro groups is 1. The second-order valence-electron chi connectivity index (χ2n) is 3.16. The van der Waals surface area contributed by atoms with Gasteiger partial charge < -0.3 is 15.2 Å². The summed E-state index contributed by atoms with van der Waals surface area (Å²) in [5.74, 6) is -1.78. The van der Waals surface area contributed by atoms with Crippen LogP contribution in [0.25, 0.3) is 0 Å². The fraction of sp³-hybridized carbons (Fsp3) is 0.200. The molecule has 0 aliphatic carbocycles. The quantitative estimate of drug-likeness (QED) is 0.365. The Labute approximate surface area is 101 Å². The SMILES string of the molecule is COC(=O)c1ccc([N+](=O)[O-])c(N)c1C(=O)OC. The Bertz CT molecular complexity index is 525. The van der Waals surface area contributed by atoms with Gasteiger partial charge in [-0.25, -0.2) is 9.59 Å². The lowest BCUT2D eigenvalue weighted by Crippen LogP contribution is -2.15. The molecule has 0 amide bonds. The number of rotatable bonds is 3. The van der Waals surface area contributed by atoms with Crippen LogP contribution in [0.4, 0.5) is 11.4 Å². The summed E-state index contributed by atoms with van der Waals surface area (Å²) in [5.41, 5.74) is 4.02. The van der Waals surface area contributed by atoms with Crippen LogP contribution >= 0.6 is 0 Å². The summed E-state index contributed by atoms with van der Waals surface area (Å²) in [6.45, 7) is 0. The molecule has 8 heteroatoms. The summed E-state index contributed by atoms with van der Waals surface area (Å²) in [7, 11) is 2.18. The van der Waals surface area contributed by atoms with Gasteiger partial charge in [0.1, 0.15) is 11.3 Å². The minimum absolute atomic E-state index is 0.188. The highest BCUT2D eigenvalue weighted by Gasteiger charge is 2.27. The fourth-order valence-corrected chi connectivity index (χ4v) is 1.37. The van der Waals surface area contributed by atoms with E-state index in [2.05, 4.69) is 9.47 Å². The maximum absolute atomic E-state index is 11.5. The number of hydrogen-bond donors (Lipinski definition) is 1. The Morgan fingerprint density at radius 2 is 1.78 bits per heavy atom. The zero-order chi connectivity index (χ0) is 13.9. The van der Waals surface area contributed by atoms with Crippen LogP contribution in [0.1, 0.15) is 20.7 Å². The standard InChI is InChI=1S/C10H10N2O6/c1-17-9(13)5-3-4-6(12(15)16)8(11)7(5)10(14)18-2/h3-4H,11H2,1-2H3. The van der Waals surface area contributed by atoms with E-state index in [-0.39, 0.29) is 11.1 Å². The van der Waals surface area contributed by atoms with Crippen molar-refractivity contribution in [2.24, 2.45) is 0 Å². The van der Waals surface area contributed by atoms with Crippen LogP contribution in [-0.4, -0.2) is 31.1 Å². The van der Waals surface area contributed by atoms with Crippen molar-refractivity contribution in [1.82, 2.24) is 0 Å². The highest BCUT2D eigenvalue weighted by atomic mass is 16.6. The third kappa shape index (κ3) is 2.21. The van der Waals surface area contributed by atoms with Crippen molar-refractivity contribution < 1.29 is 24.0 Å². The van der Waals surface area contributed by atoms with Crippen molar-refractivity contribution in [2.45, 2.75) is 0 Å². The average Bonchev–Trinajstić information content (AvgIpc) is 2.35. The van der Waals surface area contributed by atoms with Crippen molar-refractivity contribution in [1.29, 1.82) is 0 Å². The van der Waals surface area contributed by atoms with Gasteiger partial charge in [-0.3, -0.25) is 10.1 Å². The molecular weight excluding hydrogens is 244 g/mol. The number of methoxy groups -OCH3 is 2. The van der Waals surface area contributed by atoms with E-state index < -0.39 is 28.2 Å². The third-order valence-corrected chi connectivity index (χ3v) is 2.21. The van der Waals surface area contributed by atoms with Crippen LogP contribution in [0, 0.1) is 10.1 Å². The van der Waals surface area contributed by atoms with Gasteiger partial charge in [0.2, 0.25) is 0 Å². The van der Waals surface area contributed by atoms with Crippen molar-refractivity contribution >= 4 is 23.3 Å². The topological polar surface area (TPSA) is 122 Å². The largest absolute Gasteiger partial charge is 0.465 e. The summed E-state index contributed by atoms with van der Waals surface area (Å²) >= 11 is 0. The molecule has 0 heterocycles. The van der Waals surface area contributed by atoms with E-state index in [1.807, 2.05) is 0 Å². The lowest BCUT2D eigenvalue weighted by atomic mass is 10.0. The Kier molecular flexibility index (Phi) is 3.82. The molecule has 0 aliphatic heterocycles. The minimum Gasteiger partial charge on any atom is -0.465 e. The molecule has 0 spiro atoms. The first-order valence-electron chi connectivity index (χ1n) is 4.67. The number of nitrogen functional groups attached to an aromatic ring is 1. The van der Waals surface area contributed by atoms with E-state index in [1.165, 1.54) is 0 Å². The zero-order valence-corrected chi connectivity index (χ0v) is 9.63. The molecule has 0 bridgehead atoms. The molecule has 0 aliphatic rings. The molecule has 1 aromatic carbocycles. The molecule has 0 saturated carbocycles. The van der Waals surface area contributed by atoms with Gasteiger partial charge in [0, 0.05) is 6.07 Å². The normalized spacial score (nSPS) is 9.67. The van der Waals surface area contributed by atoms with E-state index >= 15 is 0 Å². The maximum Gasteiger partial charge on any atom is 0.341 e. The van der Waals surface area contributed by atoms with E-state index in [0.29, 0.717) is 0 Å². The molecule has 8 nitrogen and oxygen atoms in total. The molecule has 0 saturated heterocycles. The number of esters is 2. The Balaban J connectivity index is 3.56. The number of carbonyl (C=O) groups excluding carboxylic acids is 2. The maximum atomic E-state index is 11.5. The molecule has 0 unspecified atom stereocenters. The zero-order valence-electron chi connectivity index (χ0n) is 9.63. The number of nitrogens with zero attached hydrogens (tertiary/aromatic N) is 1. The first-order chi connectivity index (χ1) is 8.43. The van der Waals surface area contributed by atoms with E-state index in [4.69, 9.17) is 5.73 Å². The summed E-state index contributed by atoms with van der Waals surface area (Å²) in [4.78, 5) is 32.9. The van der Waals surface area contributed by atoms with Crippen molar-refractivity contribution in [3.63, 3.8) is 0 Å². The molecular formula is C10H10N2O6. The molecule has 0 aromatic heterocycles. The average molecular weight is 254 g/mol. The Morgan fingerprint density at radius 1 is 1.22 bits per heavy atom. The fourth-order valence-electron chi connectivity index (χ4n) is 1.37. The summed E-state index contributed by atoms with van der Waals surface area (Å²) in [5, 5.41) is 10.7. The van der Waals surface area contributed by atoms with Gasteiger partial charge in [0.05, 0.1) is 24.7 Å². The predicted molar refractivity (Wildman–Crippen MR) is 60.2 cm³/mol. The summed E-state index contributed by atoms with van der Waals surface area (Å²) in [6, 6.07) is 2.11. The molecule has 2 N–H and O–H groups in total. The van der Waals surface area contributed by atoms with E-state index in [9.17, 15) is 19.7 Å². The predicted octanol–water partition coefficient (Wildman–Crippen LogP) is 0.750. The van der Waals surface area contributed by atoms with Crippen LogP contribution in [-0.2, 0) is 9.47 Å². The lowest BCUT2D eigenvalue weighted by Gasteiger charge is -2.09. The van der Waals surface area contributed by atoms with Crippen LogP contribution < -0.4 is 5.73 Å². The molecule has 0 fully saturated rings. The van der Waals surface area contributed by atoms with Crippen LogP contribution in [0.15, 0.2) is 12.1 Å². The Hall–Kier alpha value is -2.64. The van der Waals surface area contributed by atoms with Gasteiger partial charge in [-0.1, -0.05) is 0 Å². The van der Waals surface area contributed by atoms with E-state index in [1.54, 1.807) is 0 Å². The monoisotopic (exact) mass is 254 g/mol. The summed E-state index contributed by atoms with van der Waals surface area (Å²) < 4.78 is 8.89. The number of benzene rings is 1. The highest BCUT2D eigenvalue weighted by Crippen LogP contribution is 2.29. The van der Waals surface area contributed by atoms with Crippen LogP contribution in [0.3, 0.4) is 0 Å². The van der Waals surface area contributed by atoms with Gasteiger partial charge in [-0.05, 0) is 6.07 Å². The summed E-state index contributed by atoms with van der Waals surface area (Å²) in [6.07, 6.45) is 0. The van der Waals surface area contributed by atoms with Crippen LogP contribution in [0.2, 0.25) is 0 Å². The van der Waals surface area contributed by atoms with E-state index in [0.717, 1.165) is 26.4 Å². The van der Waals surface area contributed by atoms with Gasteiger partial charge in [0.25, 0.3) is 5.69 Å². The first kappa shape index (κ1) is 13.4. The minimum atomic E-state index is -0.948. The number of ether oxygens (including phenoxy) is 2.